The Morgan fingerprint density at radius 2 is 1.90 bits per heavy atom. The van der Waals surface area contributed by atoms with Crippen LogP contribution >= 0.6 is 0 Å². The number of hydrogen-bond acceptors (Lipinski definition) is 3. The Morgan fingerprint density at radius 3 is 2.50 bits per heavy atom. The van der Waals surface area contributed by atoms with Gasteiger partial charge in [0.1, 0.15) is 0 Å². The fourth-order valence-corrected chi connectivity index (χ4v) is 2.64. The average molecular weight is 276 g/mol. The highest BCUT2D eigenvalue weighted by molar-refractivity contribution is 5.92. The number of aryl methyl sites for hydroxylation is 2. The number of anilines is 1. The Morgan fingerprint density at radius 1 is 1.25 bits per heavy atom. The summed E-state index contributed by atoms with van der Waals surface area (Å²) >= 11 is 0. The molecule has 0 spiro atoms. The Labute approximate surface area is 121 Å². The first-order valence-electron chi connectivity index (χ1n) is 7.19. The molecule has 0 radical (unpaired) electrons. The molecule has 1 amide bonds. The Hall–Kier alpha value is -1.39. The van der Waals surface area contributed by atoms with Gasteiger partial charge in [0.25, 0.3) is 0 Å². The third-order valence-corrected chi connectivity index (χ3v) is 3.65. The van der Waals surface area contributed by atoms with Gasteiger partial charge in [-0.25, -0.2) is 0 Å². The summed E-state index contributed by atoms with van der Waals surface area (Å²) in [6.07, 6.45) is 0.376. The monoisotopic (exact) mass is 276 g/mol. The lowest BCUT2D eigenvalue weighted by Crippen LogP contribution is -2.48. The lowest BCUT2D eigenvalue weighted by Gasteiger charge is -2.34. The van der Waals surface area contributed by atoms with Crippen molar-refractivity contribution in [2.75, 3.05) is 25.0 Å². The van der Waals surface area contributed by atoms with E-state index in [9.17, 15) is 4.79 Å². The van der Waals surface area contributed by atoms with E-state index in [4.69, 9.17) is 4.74 Å². The SMILES string of the molecule is Cc1ccc(NC(=O)CN2C[C@H](C)O[C@@H](C)C2)cc1C. The van der Waals surface area contributed by atoms with E-state index in [1.807, 2.05) is 32.0 Å². The van der Waals surface area contributed by atoms with Gasteiger partial charge in [0.15, 0.2) is 0 Å². The molecule has 110 valence electrons. The van der Waals surface area contributed by atoms with E-state index in [-0.39, 0.29) is 18.1 Å². The van der Waals surface area contributed by atoms with E-state index in [0.29, 0.717) is 6.54 Å². The van der Waals surface area contributed by atoms with Gasteiger partial charge in [0, 0.05) is 18.8 Å². The zero-order valence-corrected chi connectivity index (χ0v) is 12.8. The first-order valence-corrected chi connectivity index (χ1v) is 7.19. The van der Waals surface area contributed by atoms with Gasteiger partial charge >= 0.3 is 0 Å². The van der Waals surface area contributed by atoms with Crippen LogP contribution in [0.1, 0.15) is 25.0 Å². The molecule has 0 aliphatic carbocycles. The number of hydrogen-bond donors (Lipinski definition) is 1. The number of nitrogens with zero attached hydrogens (tertiary/aromatic N) is 1. The van der Waals surface area contributed by atoms with Gasteiger partial charge in [-0.3, -0.25) is 9.69 Å². The molecule has 2 rings (SSSR count). The fraction of sp³-hybridized carbons (Fsp3) is 0.562. The molecule has 2 atom stereocenters. The van der Waals surface area contributed by atoms with Crippen LogP contribution in [0.2, 0.25) is 0 Å². The van der Waals surface area contributed by atoms with Crippen molar-refractivity contribution in [2.24, 2.45) is 0 Å². The number of benzene rings is 1. The maximum atomic E-state index is 12.1. The molecule has 1 aliphatic heterocycles. The third kappa shape index (κ3) is 4.05. The minimum atomic E-state index is 0.0366. The molecule has 1 saturated heterocycles. The van der Waals surface area contributed by atoms with Crippen LogP contribution in [0.3, 0.4) is 0 Å². The smallest absolute Gasteiger partial charge is 0.238 e. The number of carbonyl (C=O) groups excluding carboxylic acids is 1. The molecule has 1 fully saturated rings. The van der Waals surface area contributed by atoms with Gasteiger partial charge in [-0.1, -0.05) is 6.07 Å². The molecule has 4 heteroatoms. The Bertz CT molecular complexity index is 477. The molecular formula is C16H24N2O2. The van der Waals surface area contributed by atoms with Crippen molar-refractivity contribution in [1.82, 2.24) is 4.90 Å². The second-order valence-electron chi connectivity index (χ2n) is 5.80. The van der Waals surface area contributed by atoms with Crippen LogP contribution in [-0.2, 0) is 9.53 Å². The summed E-state index contributed by atoms with van der Waals surface area (Å²) in [5, 5.41) is 2.97. The molecule has 0 aromatic heterocycles. The summed E-state index contributed by atoms with van der Waals surface area (Å²) < 4.78 is 5.67. The summed E-state index contributed by atoms with van der Waals surface area (Å²) in [5.74, 6) is 0.0366. The van der Waals surface area contributed by atoms with Gasteiger partial charge in [-0.2, -0.15) is 0 Å². The molecule has 20 heavy (non-hydrogen) atoms. The first kappa shape index (κ1) is 15.0. The highest BCUT2D eigenvalue weighted by Gasteiger charge is 2.23. The number of carbonyl (C=O) groups is 1. The largest absolute Gasteiger partial charge is 0.373 e. The number of morpholine rings is 1. The molecule has 1 aliphatic rings. The van der Waals surface area contributed by atoms with Gasteiger partial charge in [0.05, 0.1) is 18.8 Å². The van der Waals surface area contributed by atoms with Gasteiger partial charge in [-0.15, -0.1) is 0 Å². The lowest BCUT2D eigenvalue weighted by atomic mass is 10.1. The van der Waals surface area contributed by atoms with Gasteiger partial charge in [-0.05, 0) is 51.0 Å². The van der Waals surface area contributed by atoms with Crippen LogP contribution < -0.4 is 5.32 Å². The van der Waals surface area contributed by atoms with Crippen molar-refractivity contribution in [1.29, 1.82) is 0 Å². The summed E-state index contributed by atoms with van der Waals surface area (Å²) in [7, 11) is 0. The van der Waals surface area contributed by atoms with Crippen molar-refractivity contribution in [2.45, 2.75) is 39.9 Å². The Balaban J connectivity index is 1.90. The van der Waals surface area contributed by atoms with Crippen LogP contribution in [0.25, 0.3) is 0 Å². The maximum Gasteiger partial charge on any atom is 0.238 e. The molecular weight excluding hydrogens is 252 g/mol. The minimum Gasteiger partial charge on any atom is -0.373 e. The van der Waals surface area contributed by atoms with Crippen LogP contribution in [0.15, 0.2) is 18.2 Å². The van der Waals surface area contributed by atoms with E-state index in [1.165, 1.54) is 11.1 Å². The zero-order valence-electron chi connectivity index (χ0n) is 12.8. The summed E-state index contributed by atoms with van der Waals surface area (Å²) in [6, 6.07) is 5.99. The highest BCUT2D eigenvalue weighted by atomic mass is 16.5. The van der Waals surface area contributed by atoms with Crippen molar-refractivity contribution in [3.63, 3.8) is 0 Å². The predicted octanol–water partition coefficient (Wildman–Crippen LogP) is 2.35. The van der Waals surface area contributed by atoms with E-state index in [1.54, 1.807) is 0 Å². The zero-order chi connectivity index (χ0) is 14.7. The topological polar surface area (TPSA) is 41.6 Å². The third-order valence-electron chi connectivity index (χ3n) is 3.65. The maximum absolute atomic E-state index is 12.1. The molecule has 0 unspecified atom stereocenters. The molecule has 0 saturated carbocycles. The summed E-state index contributed by atoms with van der Waals surface area (Å²) in [6.45, 7) is 10.3. The number of ether oxygens (including phenoxy) is 1. The normalized spacial score (nSPS) is 23.6. The quantitative estimate of drug-likeness (QED) is 0.921. The van der Waals surface area contributed by atoms with E-state index < -0.39 is 0 Å². The van der Waals surface area contributed by atoms with Crippen molar-refractivity contribution < 1.29 is 9.53 Å². The minimum absolute atomic E-state index is 0.0366. The standard InChI is InChI=1S/C16H24N2O2/c1-11-5-6-15(7-12(11)2)17-16(19)10-18-8-13(3)20-14(4)9-18/h5-7,13-14H,8-10H2,1-4H3,(H,17,19)/t13-,14-/m0/s1. The van der Waals surface area contributed by atoms with Crippen LogP contribution in [0, 0.1) is 13.8 Å². The molecule has 1 aromatic rings. The van der Waals surface area contributed by atoms with Gasteiger partial charge < -0.3 is 10.1 Å². The summed E-state index contributed by atoms with van der Waals surface area (Å²) in [4.78, 5) is 14.2. The second kappa shape index (κ2) is 6.37. The van der Waals surface area contributed by atoms with Crippen LogP contribution in [0.5, 0.6) is 0 Å². The average Bonchev–Trinajstić information content (AvgIpc) is 2.32. The van der Waals surface area contributed by atoms with Crippen molar-refractivity contribution in [3.8, 4) is 0 Å². The lowest BCUT2D eigenvalue weighted by molar-refractivity contribution is -0.121. The van der Waals surface area contributed by atoms with Gasteiger partial charge in [0.2, 0.25) is 5.91 Å². The number of rotatable bonds is 3. The fourth-order valence-electron chi connectivity index (χ4n) is 2.64. The molecule has 1 N–H and O–H groups in total. The highest BCUT2D eigenvalue weighted by Crippen LogP contribution is 2.15. The van der Waals surface area contributed by atoms with Crippen LogP contribution in [-0.4, -0.2) is 42.6 Å². The molecule has 1 aromatic carbocycles. The summed E-state index contributed by atoms with van der Waals surface area (Å²) in [5.41, 5.74) is 3.29. The first-order chi connectivity index (χ1) is 9.44. The molecule has 0 bridgehead atoms. The van der Waals surface area contributed by atoms with Crippen molar-refractivity contribution in [3.05, 3.63) is 29.3 Å². The van der Waals surface area contributed by atoms with Crippen molar-refractivity contribution >= 4 is 11.6 Å². The van der Waals surface area contributed by atoms with E-state index >= 15 is 0 Å². The molecule has 4 nitrogen and oxygen atoms in total. The van der Waals surface area contributed by atoms with Crippen LogP contribution in [0.4, 0.5) is 5.69 Å². The van der Waals surface area contributed by atoms with E-state index in [2.05, 4.69) is 24.1 Å². The predicted molar refractivity (Wildman–Crippen MR) is 81.0 cm³/mol. The second-order valence-corrected chi connectivity index (χ2v) is 5.80. The number of amides is 1. The van der Waals surface area contributed by atoms with E-state index in [0.717, 1.165) is 18.8 Å². The number of nitrogens with one attached hydrogen (secondary N) is 1. The molecule has 1 heterocycles. The Kier molecular flexibility index (Phi) is 4.78.